The molecule has 2 atom stereocenters. The van der Waals surface area contributed by atoms with Crippen LogP contribution in [0.1, 0.15) is 38.2 Å². The first kappa shape index (κ1) is 17.5. The number of rotatable bonds is 4. The van der Waals surface area contributed by atoms with Crippen molar-refractivity contribution in [3.05, 3.63) is 29.8 Å². The van der Waals surface area contributed by atoms with Crippen molar-refractivity contribution in [1.29, 1.82) is 0 Å². The molecule has 5 heteroatoms. The van der Waals surface area contributed by atoms with Gasteiger partial charge in [-0.25, -0.2) is 0 Å². The highest BCUT2D eigenvalue weighted by Crippen LogP contribution is 2.32. The van der Waals surface area contributed by atoms with Crippen LogP contribution in [0, 0.1) is 12.8 Å². The number of benzene rings is 1. The summed E-state index contributed by atoms with van der Waals surface area (Å²) in [6.45, 7) is 3.97. The molecule has 1 aliphatic carbocycles. The molecule has 1 saturated carbocycles. The predicted molar refractivity (Wildman–Crippen MR) is 92.0 cm³/mol. The average Bonchev–Trinajstić information content (AvgIpc) is 2.48. The molecule has 0 aromatic heterocycles. The minimum Gasteiger partial charge on any atom is -0.336 e. The third-order valence-corrected chi connectivity index (χ3v) is 4.64. The minimum atomic E-state index is -0.475. The fourth-order valence-corrected chi connectivity index (χ4v) is 3.16. The first-order chi connectivity index (χ1) is 10.8. The van der Waals surface area contributed by atoms with Gasteiger partial charge < -0.3 is 16.0 Å². The molecule has 2 amide bonds. The molecule has 3 N–H and O–H groups in total. The molecule has 0 aliphatic heterocycles. The normalized spacial score (nSPS) is 24.1. The van der Waals surface area contributed by atoms with E-state index in [0.29, 0.717) is 0 Å². The van der Waals surface area contributed by atoms with E-state index in [4.69, 9.17) is 5.73 Å². The lowest BCUT2D eigenvalue weighted by Crippen LogP contribution is -2.53. The van der Waals surface area contributed by atoms with Gasteiger partial charge in [-0.2, -0.15) is 0 Å². The van der Waals surface area contributed by atoms with Gasteiger partial charge in [0.05, 0.1) is 12.5 Å². The topological polar surface area (TPSA) is 75.4 Å². The van der Waals surface area contributed by atoms with Crippen molar-refractivity contribution in [2.75, 3.05) is 18.9 Å². The fraction of sp³-hybridized carbons (Fsp3) is 0.556. The highest BCUT2D eigenvalue weighted by Gasteiger charge is 2.39. The van der Waals surface area contributed by atoms with Crippen molar-refractivity contribution in [3.8, 4) is 0 Å². The molecule has 23 heavy (non-hydrogen) atoms. The fourth-order valence-electron chi connectivity index (χ4n) is 3.16. The smallest absolute Gasteiger partial charge is 0.243 e. The van der Waals surface area contributed by atoms with Gasteiger partial charge in [0, 0.05) is 18.3 Å². The van der Waals surface area contributed by atoms with E-state index in [0.717, 1.165) is 36.9 Å². The third kappa shape index (κ3) is 4.55. The number of nitrogens with zero attached hydrogens (tertiary/aromatic N) is 1. The Kier molecular flexibility index (Phi) is 5.42. The summed E-state index contributed by atoms with van der Waals surface area (Å²) in [6, 6.07) is 7.58. The van der Waals surface area contributed by atoms with E-state index in [-0.39, 0.29) is 24.3 Å². The van der Waals surface area contributed by atoms with Crippen molar-refractivity contribution in [1.82, 2.24) is 4.90 Å². The Labute approximate surface area is 138 Å². The van der Waals surface area contributed by atoms with Crippen LogP contribution in [-0.4, -0.2) is 35.8 Å². The van der Waals surface area contributed by atoms with Gasteiger partial charge in [0.1, 0.15) is 0 Å². The number of nitrogens with two attached hydrogens (primary N) is 1. The Balaban J connectivity index is 1.92. The van der Waals surface area contributed by atoms with Gasteiger partial charge in [0.2, 0.25) is 11.8 Å². The van der Waals surface area contributed by atoms with Crippen LogP contribution in [0.3, 0.4) is 0 Å². The molecule has 2 unspecified atom stereocenters. The Hall–Kier alpha value is -1.88. The van der Waals surface area contributed by atoms with Crippen LogP contribution in [0.2, 0.25) is 0 Å². The van der Waals surface area contributed by atoms with Crippen LogP contribution in [-0.2, 0) is 9.59 Å². The van der Waals surface area contributed by atoms with Gasteiger partial charge in [-0.05, 0) is 38.8 Å². The molecule has 1 aliphatic rings. The number of anilines is 1. The molecule has 1 fully saturated rings. The van der Waals surface area contributed by atoms with Gasteiger partial charge in [0.25, 0.3) is 0 Å². The first-order valence-electron chi connectivity index (χ1n) is 8.20. The number of aryl methyl sites for hydroxylation is 1. The molecule has 0 radical (unpaired) electrons. The van der Waals surface area contributed by atoms with Crippen molar-refractivity contribution >= 4 is 17.5 Å². The summed E-state index contributed by atoms with van der Waals surface area (Å²) in [6.07, 6.45) is 3.74. The summed E-state index contributed by atoms with van der Waals surface area (Å²) in [7, 11) is 1.67. The summed E-state index contributed by atoms with van der Waals surface area (Å²) >= 11 is 0. The molecule has 0 heterocycles. The standard InChI is InChI=1S/C18H27N3O2/c1-13-7-9-14(10-8-13)20-16(22)12-21(3)17(23)15-6-4-5-11-18(15,2)19/h7-10,15H,4-6,11-12,19H2,1-3H3,(H,20,22). The molecule has 0 bridgehead atoms. The van der Waals surface area contributed by atoms with Gasteiger partial charge in [-0.15, -0.1) is 0 Å². The maximum atomic E-state index is 12.6. The van der Waals surface area contributed by atoms with Crippen LogP contribution < -0.4 is 11.1 Å². The Bertz CT molecular complexity index is 566. The second-order valence-electron chi connectivity index (χ2n) is 6.91. The van der Waals surface area contributed by atoms with E-state index in [2.05, 4.69) is 5.32 Å². The zero-order chi connectivity index (χ0) is 17.0. The Morgan fingerprint density at radius 2 is 1.96 bits per heavy atom. The van der Waals surface area contributed by atoms with Crippen molar-refractivity contribution in [2.45, 2.75) is 45.1 Å². The zero-order valence-corrected chi connectivity index (χ0v) is 14.3. The van der Waals surface area contributed by atoms with Gasteiger partial charge in [0.15, 0.2) is 0 Å². The van der Waals surface area contributed by atoms with Crippen LogP contribution in [0.5, 0.6) is 0 Å². The van der Waals surface area contributed by atoms with E-state index in [1.165, 1.54) is 4.90 Å². The molecule has 0 saturated heterocycles. The molecule has 1 aromatic rings. The van der Waals surface area contributed by atoms with E-state index >= 15 is 0 Å². The highest BCUT2D eigenvalue weighted by molar-refractivity contribution is 5.94. The first-order valence-corrected chi connectivity index (χ1v) is 8.20. The number of hydrogen-bond donors (Lipinski definition) is 2. The molecule has 1 aromatic carbocycles. The highest BCUT2D eigenvalue weighted by atomic mass is 16.2. The third-order valence-electron chi connectivity index (χ3n) is 4.64. The maximum Gasteiger partial charge on any atom is 0.243 e. The number of carbonyl (C=O) groups excluding carboxylic acids is 2. The number of likely N-dealkylation sites (N-methyl/N-ethyl adjacent to an activating group) is 1. The van der Waals surface area contributed by atoms with Crippen molar-refractivity contribution < 1.29 is 9.59 Å². The van der Waals surface area contributed by atoms with Gasteiger partial charge in [-0.3, -0.25) is 9.59 Å². The summed E-state index contributed by atoms with van der Waals surface area (Å²) in [4.78, 5) is 26.2. The minimum absolute atomic E-state index is 0.0336. The summed E-state index contributed by atoms with van der Waals surface area (Å²) < 4.78 is 0. The van der Waals surface area contributed by atoms with Crippen LogP contribution >= 0.6 is 0 Å². The molecular weight excluding hydrogens is 290 g/mol. The SMILES string of the molecule is Cc1ccc(NC(=O)CN(C)C(=O)C2CCCCC2(C)N)cc1. The summed E-state index contributed by atoms with van der Waals surface area (Å²) in [5, 5.41) is 2.81. The Morgan fingerprint density at radius 1 is 1.30 bits per heavy atom. The lowest BCUT2D eigenvalue weighted by atomic mass is 9.74. The molecule has 0 spiro atoms. The van der Waals surface area contributed by atoms with Crippen LogP contribution in [0.25, 0.3) is 0 Å². The van der Waals surface area contributed by atoms with Crippen molar-refractivity contribution in [2.24, 2.45) is 11.7 Å². The number of amides is 2. The van der Waals surface area contributed by atoms with E-state index in [1.54, 1.807) is 7.05 Å². The van der Waals surface area contributed by atoms with E-state index in [9.17, 15) is 9.59 Å². The van der Waals surface area contributed by atoms with Gasteiger partial charge in [-0.1, -0.05) is 30.5 Å². The van der Waals surface area contributed by atoms with Crippen LogP contribution in [0.15, 0.2) is 24.3 Å². The van der Waals surface area contributed by atoms with E-state index < -0.39 is 5.54 Å². The maximum absolute atomic E-state index is 12.6. The zero-order valence-electron chi connectivity index (χ0n) is 14.3. The molecule has 5 nitrogen and oxygen atoms in total. The summed E-state index contributed by atoms with van der Waals surface area (Å²) in [5.74, 6) is -0.429. The predicted octanol–water partition coefficient (Wildman–Crippen LogP) is 2.30. The second kappa shape index (κ2) is 7.13. The summed E-state index contributed by atoms with van der Waals surface area (Å²) in [5.41, 5.74) is 7.68. The Morgan fingerprint density at radius 3 is 2.57 bits per heavy atom. The number of hydrogen-bond acceptors (Lipinski definition) is 3. The number of nitrogens with one attached hydrogen (secondary N) is 1. The van der Waals surface area contributed by atoms with Crippen LogP contribution in [0.4, 0.5) is 5.69 Å². The average molecular weight is 317 g/mol. The monoisotopic (exact) mass is 317 g/mol. The second-order valence-corrected chi connectivity index (χ2v) is 6.91. The lowest BCUT2D eigenvalue weighted by molar-refractivity contribution is -0.139. The quantitative estimate of drug-likeness (QED) is 0.894. The molecule has 2 rings (SSSR count). The van der Waals surface area contributed by atoms with Gasteiger partial charge >= 0.3 is 0 Å². The molecular formula is C18H27N3O2. The number of carbonyl (C=O) groups is 2. The van der Waals surface area contributed by atoms with Crippen molar-refractivity contribution in [3.63, 3.8) is 0 Å². The molecule has 126 valence electrons. The lowest BCUT2D eigenvalue weighted by Gasteiger charge is -2.39. The largest absolute Gasteiger partial charge is 0.336 e. The van der Waals surface area contributed by atoms with E-state index in [1.807, 2.05) is 38.1 Å².